The molecule has 4 atom stereocenters. The third-order valence-corrected chi connectivity index (χ3v) is 6.52. The average molecular weight is 389 g/mol. The summed E-state index contributed by atoms with van der Waals surface area (Å²) in [5, 5.41) is 3.02. The van der Waals surface area contributed by atoms with Gasteiger partial charge < -0.3 is 15.0 Å². The van der Waals surface area contributed by atoms with Gasteiger partial charge in [-0.15, -0.1) is 0 Å². The van der Waals surface area contributed by atoms with Gasteiger partial charge >= 0.3 is 0 Å². The summed E-state index contributed by atoms with van der Waals surface area (Å²) in [6.45, 7) is 8.59. The number of fused-ring (bicyclic) bond motifs is 3. The molecule has 1 aromatic rings. The van der Waals surface area contributed by atoms with E-state index in [1.165, 1.54) is 25.9 Å². The minimum atomic E-state index is -0.0121. The van der Waals surface area contributed by atoms with Gasteiger partial charge in [0.2, 0.25) is 11.9 Å². The molecule has 0 spiro atoms. The number of aromatic nitrogens is 2. The predicted molar refractivity (Wildman–Crippen MR) is 107 cm³/mol. The second-order valence-corrected chi connectivity index (χ2v) is 8.27. The van der Waals surface area contributed by atoms with Crippen molar-refractivity contribution in [2.75, 3.05) is 71.0 Å². The fraction of sp³-hybridized carbons (Fsp3) is 0.750. The second-order valence-electron chi connectivity index (χ2n) is 8.27. The summed E-state index contributed by atoms with van der Waals surface area (Å²) in [5.41, 5.74) is 0. The van der Waals surface area contributed by atoms with E-state index in [1.807, 2.05) is 18.5 Å². The van der Waals surface area contributed by atoms with E-state index in [-0.39, 0.29) is 12.5 Å². The molecular formula is C20H32N6O2. The molecule has 4 fully saturated rings. The van der Waals surface area contributed by atoms with E-state index in [9.17, 15) is 4.79 Å². The van der Waals surface area contributed by atoms with Gasteiger partial charge in [0.1, 0.15) is 6.61 Å². The van der Waals surface area contributed by atoms with Crippen molar-refractivity contribution >= 4 is 11.9 Å². The van der Waals surface area contributed by atoms with Crippen molar-refractivity contribution in [1.82, 2.24) is 25.1 Å². The number of nitrogens with one attached hydrogen (secondary N) is 1. The first kappa shape index (κ1) is 19.5. The summed E-state index contributed by atoms with van der Waals surface area (Å²) in [6, 6.07) is 2.35. The van der Waals surface area contributed by atoms with Gasteiger partial charge in [0, 0.05) is 71.4 Å². The van der Waals surface area contributed by atoms with Crippen LogP contribution in [-0.4, -0.2) is 97.8 Å². The van der Waals surface area contributed by atoms with Crippen molar-refractivity contribution in [1.29, 1.82) is 0 Å². The number of piperazine rings is 1. The Balaban J connectivity index is 1.22. The summed E-state index contributed by atoms with van der Waals surface area (Å²) < 4.78 is 4.90. The first-order valence-electron chi connectivity index (χ1n) is 10.5. The van der Waals surface area contributed by atoms with Gasteiger partial charge in [-0.3, -0.25) is 14.6 Å². The highest BCUT2D eigenvalue weighted by atomic mass is 16.5. The topological polar surface area (TPSA) is 73.8 Å². The Morgan fingerprint density at radius 1 is 1.21 bits per heavy atom. The summed E-state index contributed by atoms with van der Waals surface area (Å²) >= 11 is 0. The maximum Gasteiger partial charge on any atom is 0.246 e. The van der Waals surface area contributed by atoms with Crippen LogP contribution < -0.4 is 10.2 Å². The smallest absolute Gasteiger partial charge is 0.246 e. The van der Waals surface area contributed by atoms with Crippen molar-refractivity contribution in [3.05, 3.63) is 18.5 Å². The van der Waals surface area contributed by atoms with E-state index in [0.29, 0.717) is 6.04 Å². The lowest BCUT2D eigenvalue weighted by Gasteiger charge is -2.51. The Labute approximate surface area is 167 Å². The van der Waals surface area contributed by atoms with E-state index in [2.05, 4.69) is 30.0 Å². The van der Waals surface area contributed by atoms with E-state index >= 15 is 0 Å². The fourth-order valence-corrected chi connectivity index (χ4v) is 5.00. The Morgan fingerprint density at radius 2 is 2.00 bits per heavy atom. The van der Waals surface area contributed by atoms with Gasteiger partial charge in [-0.1, -0.05) is 0 Å². The van der Waals surface area contributed by atoms with Gasteiger partial charge in [-0.05, 0) is 37.3 Å². The number of hydrogen-bond acceptors (Lipinski definition) is 7. The number of carbonyl (C=O) groups excluding carboxylic acids is 1. The highest BCUT2D eigenvalue weighted by molar-refractivity contribution is 5.77. The molecule has 8 nitrogen and oxygen atoms in total. The molecule has 0 aromatic carbocycles. The van der Waals surface area contributed by atoms with Crippen LogP contribution in [-0.2, 0) is 9.53 Å². The third kappa shape index (κ3) is 4.61. The summed E-state index contributed by atoms with van der Waals surface area (Å²) in [6.07, 6.45) is 6.13. The van der Waals surface area contributed by atoms with Gasteiger partial charge in [0.25, 0.3) is 0 Å². The lowest BCUT2D eigenvalue weighted by molar-refractivity contribution is -0.125. The van der Waals surface area contributed by atoms with Crippen LogP contribution in [0.15, 0.2) is 18.5 Å². The lowest BCUT2D eigenvalue weighted by atomic mass is 9.75. The molecular weight excluding hydrogens is 356 g/mol. The van der Waals surface area contributed by atoms with Crippen LogP contribution in [0.3, 0.4) is 0 Å². The molecule has 0 saturated carbocycles. The molecule has 28 heavy (non-hydrogen) atoms. The highest BCUT2D eigenvalue weighted by Crippen LogP contribution is 2.36. The number of anilines is 1. The largest absolute Gasteiger partial charge is 0.375 e. The van der Waals surface area contributed by atoms with Crippen molar-refractivity contribution in [3.8, 4) is 0 Å². The van der Waals surface area contributed by atoms with Crippen LogP contribution in [0.1, 0.15) is 12.8 Å². The first-order chi connectivity index (χ1) is 13.7. The Bertz CT molecular complexity index is 637. The second kappa shape index (κ2) is 9.15. The van der Waals surface area contributed by atoms with Crippen LogP contribution in [0, 0.1) is 11.8 Å². The number of piperidine rings is 3. The monoisotopic (exact) mass is 388 g/mol. The molecule has 4 saturated heterocycles. The van der Waals surface area contributed by atoms with Crippen LogP contribution in [0.25, 0.3) is 0 Å². The van der Waals surface area contributed by atoms with Crippen molar-refractivity contribution < 1.29 is 9.53 Å². The molecule has 2 bridgehead atoms. The standard InChI is InChI=1S/C20H32N6O2/c1-28-15-19(27)23-12-18-11-16-3-6-26(18)14-17(16)13-24-7-9-25(10-8-24)20-21-4-2-5-22-20/h2,4-5,16-18H,3,6-15H2,1H3,(H,23,27)/t16-,17+,18+/m1/s1. The molecule has 0 aliphatic carbocycles. The minimum Gasteiger partial charge on any atom is -0.375 e. The van der Waals surface area contributed by atoms with E-state index in [0.717, 1.165) is 57.1 Å². The summed E-state index contributed by atoms with van der Waals surface area (Å²) in [7, 11) is 1.56. The van der Waals surface area contributed by atoms with Gasteiger partial charge in [0.15, 0.2) is 0 Å². The van der Waals surface area contributed by atoms with Crippen LogP contribution in [0.5, 0.6) is 0 Å². The van der Waals surface area contributed by atoms with Crippen LogP contribution >= 0.6 is 0 Å². The number of methoxy groups -OCH3 is 1. The first-order valence-corrected chi connectivity index (χ1v) is 10.5. The molecule has 4 aliphatic rings. The molecule has 154 valence electrons. The number of nitrogens with zero attached hydrogens (tertiary/aromatic N) is 5. The van der Waals surface area contributed by atoms with Gasteiger partial charge in [-0.25, -0.2) is 9.97 Å². The molecule has 8 heteroatoms. The molecule has 5 heterocycles. The Hall–Kier alpha value is -1.77. The van der Waals surface area contributed by atoms with Gasteiger partial charge in [-0.2, -0.15) is 0 Å². The number of rotatable bonds is 7. The molecule has 1 unspecified atom stereocenters. The van der Waals surface area contributed by atoms with E-state index < -0.39 is 0 Å². The number of hydrogen-bond donors (Lipinski definition) is 1. The predicted octanol–water partition coefficient (Wildman–Crippen LogP) is 0.0716. The minimum absolute atomic E-state index is 0.0121. The van der Waals surface area contributed by atoms with Crippen molar-refractivity contribution in [2.24, 2.45) is 11.8 Å². The summed E-state index contributed by atoms with van der Waals surface area (Å²) in [4.78, 5) is 27.9. The molecule has 1 amide bonds. The third-order valence-electron chi connectivity index (χ3n) is 6.52. The van der Waals surface area contributed by atoms with Crippen LogP contribution in [0.2, 0.25) is 0 Å². The van der Waals surface area contributed by atoms with E-state index in [1.54, 1.807) is 7.11 Å². The van der Waals surface area contributed by atoms with Crippen molar-refractivity contribution in [3.63, 3.8) is 0 Å². The molecule has 4 aliphatic heterocycles. The number of amides is 1. The number of ether oxygens (including phenoxy) is 1. The molecule has 5 rings (SSSR count). The quantitative estimate of drug-likeness (QED) is 0.709. The zero-order valence-corrected chi connectivity index (χ0v) is 16.8. The SMILES string of the molecule is COCC(=O)NC[C@@H]1C[C@H]2CCN1C[C@@H]2CN1CCN(c2ncccn2)CC1. The fourth-order valence-electron chi connectivity index (χ4n) is 5.00. The maximum atomic E-state index is 11.7. The highest BCUT2D eigenvalue weighted by Gasteiger charge is 2.40. The lowest BCUT2D eigenvalue weighted by Crippen LogP contribution is -2.59. The zero-order valence-electron chi connectivity index (χ0n) is 16.8. The molecule has 1 N–H and O–H groups in total. The van der Waals surface area contributed by atoms with E-state index in [4.69, 9.17) is 4.74 Å². The zero-order chi connectivity index (χ0) is 19.3. The Morgan fingerprint density at radius 3 is 2.68 bits per heavy atom. The maximum absolute atomic E-state index is 11.7. The summed E-state index contributed by atoms with van der Waals surface area (Å²) in [5.74, 6) is 2.37. The average Bonchev–Trinajstić information content (AvgIpc) is 2.74. The Kier molecular flexibility index (Phi) is 6.39. The van der Waals surface area contributed by atoms with Gasteiger partial charge in [0.05, 0.1) is 0 Å². The normalized spacial score (nSPS) is 30.4. The number of carbonyl (C=O) groups is 1. The molecule has 1 aromatic heterocycles. The molecule has 0 radical (unpaired) electrons. The van der Waals surface area contributed by atoms with Crippen molar-refractivity contribution in [2.45, 2.75) is 18.9 Å². The van der Waals surface area contributed by atoms with Crippen LogP contribution in [0.4, 0.5) is 5.95 Å².